The van der Waals surface area contributed by atoms with Crippen molar-refractivity contribution in [3.63, 3.8) is 0 Å². The third kappa shape index (κ3) is 4.39. The normalized spacial score (nSPS) is 18.1. The maximum atomic E-state index is 12.3. The number of imidazole rings is 1. The summed E-state index contributed by atoms with van der Waals surface area (Å²) in [6.07, 6.45) is 6.13. The van der Waals surface area contributed by atoms with Crippen LogP contribution in [0.3, 0.4) is 0 Å². The minimum absolute atomic E-state index is 0.0182. The number of nitrogens with zero attached hydrogens (tertiary/aromatic N) is 3. The van der Waals surface area contributed by atoms with E-state index in [4.69, 9.17) is 4.74 Å². The molecule has 2 aromatic rings. The van der Waals surface area contributed by atoms with Gasteiger partial charge in [0, 0.05) is 37.1 Å². The Bertz CT molecular complexity index is 696. The highest BCUT2D eigenvalue weighted by molar-refractivity contribution is 5.92. The Morgan fingerprint density at radius 1 is 1.36 bits per heavy atom. The monoisotopic (exact) mass is 342 g/mol. The van der Waals surface area contributed by atoms with Gasteiger partial charge < -0.3 is 14.6 Å². The molecule has 0 radical (unpaired) electrons. The van der Waals surface area contributed by atoms with Gasteiger partial charge in [-0.15, -0.1) is 0 Å². The molecule has 1 amide bonds. The number of aryl methyl sites for hydroxylation is 1. The van der Waals surface area contributed by atoms with Crippen molar-refractivity contribution in [1.82, 2.24) is 14.5 Å². The van der Waals surface area contributed by atoms with Crippen LogP contribution >= 0.6 is 0 Å². The molecule has 1 atom stereocenters. The summed E-state index contributed by atoms with van der Waals surface area (Å²) in [4.78, 5) is 19.1. The Labute approximate surface area is 148 Å². The highest BCUT2D eigenvalue weighted by Crippen LogP contribution is 2.25. The molecule has 1 aliphatic heterocycles. The number of hydrogen-bond donors (Lipinski definition) is 1. The second kappa shape index (κ2) is 8.16. The van der Waals surface area contributed by atoms with Crippen molar-refractivity contribution < 1.29 is 9.53 Å². The Kier molecular flexibility index (Phi) is 5.71. The maximum Gasteiger partial charge on any atom is 0.238 e. The Morgan fingerprint density at radius 3 is 2.88 bits per heavy atom. The third-order valence-electron chi connectivity index (χ3n) is 4.70. The number of aromatic nitrogens is 2. The summed E-state index contributed by atoms with van der Waals surface area (Å²) >= 11 is 0. The summed E-state index contributed by atoms with van der Waals surface area (Å²) in [5, 5.41) is 2.96. The lowest BCUT2D eigenvalue weighted by molar-refractivity contribution is -0.117. The van der Waals surface area contributed by atoms with E-state index < -0.39 is 0 Å². The van der Waals surface area contributed by atoms with E-state index in [1.54, 1.807) is 7.11 Å². The standard InChI is InChI=1S/C19H26N4O2/c1-3-23-12-10-20-19(23)15-5-4-11-22(13-15)14-18(24)21-16-6-8-17(25-2)9-7-16/h6-10,12,15H,3-5,11,13-14H2,1-2H3,(H,21,24). The lowest BCUT2D eigenvalue weighted by Gasteiger charge is -2.32. The van der Waals surface area contributed by atoms with Gasteiger partial charge in [0.2, 0.25) is 5.91 Å². The number of likely N-dealkylation sites (tertiary alicyclic amines) is 1. The largest absolute Gasteiger partial charge is 0.497 e. The van der Waals surface area contributed by atoms with Crippen LogP contribution in [0, 0.1) is 0 Å². The van der Waals surface area contributed by atoms with Crippen molar-refractivity contribution in [2.24, 2.45) is 0 Å². The van der Waals surface area contributed by atoms with Gasteiger partial charge in [0.1, 0.15) is 11.6 Å². The lowest BCUT2D eigenvalue weighted by Crippen LogP contribution is -2.40. The van der Waals surface area contributed by atoms with Gasteiger partial charge in [-0.25, -0.2) is 4.98 Å². The molecule has 1 N–H and O–H groups in total. The maximum absolute atomic E-state index is 12.3. The van der Waals surface area contributed by atoms with Crippen molar-refractivity contribution >= 4 is 11.6 Å². The van der Waals surface area contributed by atoms with E-state index in [0.717, 1.165) is 49.7 Å². The fraction of sp³-hybridized carbons (Fsp3) is 0.474. The number of hydrogen-bond acceptors (Lipinski definition) is 4. The number of benzene rings is 1. The number of piperidine rings is 1. The molecule has 1 aliphatic rings. The molecule has 1 fully saturated rings. The molecule has 3 rings (SSSR count). The molecular formula is C19H26N4O2. The fourth-order valence-corrected chi connectivity index (χ4v) is 3.44. The van der Waals surface area contributed by atoms with Gasteiger partial charge >= 0.3 is 0 Å². The number of carbonyl (C=O) groups is 1. The first-order chi connectivity index (χ1) is 12.2. The molecule has 0 spiro atoms. The van der Waals surface area contributed by atoms with Gasteiger partial charge in [0.05, 0.1) is 13.7 Å². The molecule has 6 heteroatoms. The van der Waals surface area contributed by atoms with Gasteiger partial charge in [0.25, 0.3) is 0 Å². The number of nitrogens with one attached hydrogen (secondary N) is 1. The first-order valence-corrected chi connectivity index (χ1v) is 8.87. The molecule has 6 nitrogen and oxygen atoms in total. The van der Waals surface area contributed by atoms with Crippen molar-refractivity contribution in [3.8, 4) is 5.75 Å². The van der Waals surface area contributed by atoms with E-state index in [1.165, 1.54) is 0 Å². The van der Waals surface area contributed by atoms with Gasteiger partial charge in [-0.3, -0.25) is 9.69 Å². The quantitative estimate of drug-likeness (QED) is 0.877. The molecule has 1 saturated heterocycles. The molecule has 0 saturated carbocycles. The summed E-state index contributed by atoms with van der Waals surface area (Å²) in [6.45, 7) is 5.32. The van der Waals surface area contributed by atoms with Gasteiger partial charge in [0.15, 0.2) is 0 Å². The van der Waals surface area contributed by atoms with Crippen LogP contribution in [-0.4, -0.2) is 47.1 Å². The Balaban J connectivity index is 1.55. The zero-order valence-corrected chi connectivity index (χ0v) is 14.9. The summed E-state index contributed by atoms with van der Waals surface area (Å²) in [7, 11) is 1.63. The fourth-order valence-electron chi connectivity index (χ4n) is 3.44. The second-order valence-corrected chi connectivity index (χ2v) is 6.42. The van der Waals surface area contributed by atoms with E-state index in [-0.39, 0.29) is 5.91 Å². The van der Waals surface area contributed by atoms with E-state index >= 15 is 0 Å². The predicted molar refractivity (Wildman–Crippen MR) is 97.9 cm³/mol. The van der Waals surface area contributed by atoms with Gasteiger partial charge in [-0.1, -0.05) is 0 Å². The van der Waals surface area contributed by atoms with Crippen LogP contribution in [0.15, 0.2) is 36.7 Å². The SMILES string of the molecule is CCn1ccnc1C1CCCN(CC(=O)Nc2ccc(OC)cc2)C1. The van der Waals surface area contributed by atoms with Crippen LogP contribution < -0.4 is 10.1 Å². The molecule has 134 valence electrons. The first kappa shape index (κ1) is 17.5. The summed E-state index contributed by atoms with van der Waals surface area (Å²) in [6, 6.07) is 7.40. The van der Waals surface area contributed by atoms with E-state index in [0.29, 0.717) is 12.5 Å². The molecule has 0 aliphatic carbocycles. The Hall–Kier alpha value is -2.34. The van der Waals surface area contributed by atoms with Crippen LogP contribution in [0.1, 0.15) is 31.5 Å². The van der Waals surface area contributed by atoms with Gasteiger partial charge in [-0.2, -0.15) is 0 Å². The van der Waals surface area contributed by atoms with Crippen molar-refractivity contribution in [2.75, 3.05) is 32.1 Å². The molecular weight excluding hydrogens is 316 g/mol. The van der Waals surface area contributed by atoms with Crippen LogP contribution in [0.2, 0.25) is 0 Å². The van der Waals surface area contributed by atoms with E-state index in [1.807, 2.05) is 36.7 Å². The highest BCUT2D eigenvalue weighted by Gasteiger charge is 2.25. The minimum Gasteiger partial charge on any atom is -0.497 e. The number of anilines is 1. The average molecular weight is 342 g/mol. The summed E-state index contributed by atoms with van der Waals surface area (Å²) in [5.41, 5.74) is 0.792. The molecule has 25 heavy (non-hydrogen) atoms. The zero-order chi connectivity index (χ0) is 17.6. The van der Waals surface area contributed by atoms with Crippen LogP contribution in [0.25, 0.3) is 0 Å². The predicted octanol–water partition coefficient (Wildman–Crippen LogP) is 2.73. The average Bonchev–Trinajstić information content (AvgIpc) is 3.11. The number of methoxy groups -OCH3 is 1. The summed E-state index contributed by atoms with van der Waals surface area (Å²) in [5.74, 6) is 2.34. The molecule has 1 unspecified atom stereocenters. The minimum atomic E-state index is 0.0182. The smallest absolute Gasteiger partial charge is 0.238 e. The molecule has 2 heterocycles. The van der Waals surface area contributed by atoms with Crippen LogP contribution in [0.4, 0.5) is 5.69 Å². The van der Waals surface area contributed by atoms with Crippen LogP contribution in [0.5, 0.6) is 5.75 Å². The zero-order valence-electron chi connectivity index (χ0n) is 14.9. The highest BCUT2D eigenvalue weighted by atomic mass is 16.5. The van der Waals surface area contributed by atoms with E-state index in [9.17, 15) is 4.79 Å². The third-order valence-corrected chi connectivity index (χ3v) is 4.70. The lowest BCUT2D eigenvalue weighted by atomic mass is 9.97. The molecule has 1 aromatic heterocycles. The summed E-state index contributed by atoms with van der Waals surface area (Å²) < 4.78 is 7.33. The number of amides is 1. The van der Waals surface area contributed by atoms with Crippen molar-refractivity contribution in [3.05, 3.63) is 42.5 Å². The topological polar surface area (TPSA) is 59.4 Å². The van der Waals surface area contributed by atoms with Crippen LogP contribution in [-0.2, 0) is 11.3 Å². The molecule has 1 aromatic carbocycles. The number of carbonyl (C=O) groups excluding carboxylic acids is 1. The molecule has 0 bridgehead atoms. The van der Waals surface area contributed by atoms with Gasteiger partial charge in [-0.05, 0) is 50.6 Å². The number of rotatable bonds is 6. The first-order valence-electron chi connectivity index (χ1n) is 8.87. The second-order valence-electron chi connectivity index (χ2n) is 6.42. The Morgan fingerprint density at radius 2 is 2.16 bits per heavy atom. The van der Waals surface area contributed by atoms with Crippen molar-refractivity contribution in [2.45, 2.75) is 32.2 Å². The number of ether oxygens (including phenoxy) is 1. The van der Waals surface area contributed by atoms with Crippen molar-refractivity contribution in [1.29, 1.82) is 0 Å². The van der Waals surface area contributed by atoms with E-state index in [2.05, 4.69) is 26.7 Å².